The van der Waals surface area contributed by atoms with E-state index in [1.54, 1.807) is 13.2 Å². The van der Waals surface area contributed by atoms with Crippen LogP contribution in [0.4, 0.5) is 5.82 Å². The highest BCUT2D eigenvalue weighted by Crippen LogP contribution is 2.04. The molecule has 7 nitrogen and oxygen atoms in total. The van der Waals surface area contributed by atoms with Gasteiger partial charge in [-0.25, -0.2) is 4.98 Å². The van der Waals surface area contributed by atoms with Gasteiger partial charge in [0.15, 0.2) is 5.96 Å². The second-order valence-corrected chi connectivity index (χ2v) is 4.73. The van der Waals surface area contributed by atoms with E-state index in [9.17, 15) is 4.79 Å². The highest BCUT2D eigenvalue weighted by atomic mass is 16.5. The predicted octanol–water partition coefficient (Wildman–Crippen LogP) is 0.658. The van der Waals surface area contributed by atoms with Gasteiger partial charge in [0.05, 0.1) is 13.2 Å². The maximum atomic E-state index is 11.7. The number of methoxy groups -OCH3 is 1. The van der Waals surface area contributed by atoms with Crippen molar-refractivity contribution >= 4 is 17.7 Å². The summed E-state index contributed by atoms with van der Waals surface area (Å²) in [6.07, 6.45) is 0.247. The van der Waals surface area contributed by atoms with Crippen LogP contribution in [0.15, 0.2) is 23.2 Å². The zero-order valence-corrected chi connectivity index (χ0v) is 12.7. The number of nitrogens with two attached hydrogens (primary N) is 1. The van der Waals surface area contributed by atoms with Crippen LogP contribution < -0.4 is 16.4 Å². The molecule has 0 saturated heterocycles. The quantitative estimate of drug-likeness (QED) is 0.506. The molecule has 0 spiro atoms. The van der Waals surface area contributed by atoms with Crippen LogP contribution in [0.2, 0.25) is 0 Å². The highest BCUT2D eigenvalue weighted by Gasteiger charge is 2.04. The average Bonchev–Trinajstić information content (AvgIpc) is 2.38. The third-order valence-electron chi connectivity index (χ3n) is 2.59. The SMILES string of the molecule is COCC(C)NC(N)=NCCC(=O)Nc1cccc(C)n1. The maximum absolute atomic E-state index is 11.7. The molecule has 1 amide bonds. The van der Waals surface area contributed by atoms with E-state index >= 15 is 0 Å². The summed E-state index contributed by atoms with van der Waals surface area (Å²) in [5.41, 5.74) is 6.56. The minimum Gasteiger partial charge on any atom is -0.383 e. The summed E-state index contributed by atoms with van der Waals surface area (Å²) in [7, 11) is 1.62. The summed E-state index contributed by atoms with van der Waals surface area (Å²) < 4.78 is 4.98. The van der Waals surface area contributed by atoms with Gasteiger partial charge in [0, 0.05) is 25.3 Å². The van der Waals surface area contributed by atoms with Crippen LogP contribution in [0.5, 0.6) is 0 Å². The molecular weight excluding hydrogens is 270 g/mol. The Labute approximate surface area is 125 Å². The molecule has 0 saturated carbocycles. The number of rotatable bonds is 7. The van der Waals surface area contributed by atoms with Crippen LogP contribution in [-0.4, -0.2) is 43.2 Å². The molecule has 0 aliphatic heterocycles. The minimum atomic E-state index is -0.144. The van der Waals surface area contributed by atoms with E-state index in [1.807, 2.05) is 26.0 Å². The molecule has 0 radical (unpaired) electrons. The molecule has 0 bridgehead atoms. The first-order valence-electron chi connectivity index (χ1n) is 6.80. The lowest BCUT2D eigenvalue weighted by Crippen LogP contribution is -2.40. The summed E-state index contributed by atoms with van der Waals surface area (Å²) in [4.78, 5) is 20.0. The molecule has 4 N–H and O–H groups in total. The first-order chi connectivity index (χ1) is 10.0. The molecule has 0 aliphatic carbocycles. The van der Waals surface area contributed by atoms with Gasteiger partial charge in [0.25, 0.3) is 0 Å². The third kappa shape index (κ3) is 7.26. The Hall–Kier alpha value is -2.15. The fourth-order valence-corrected chi connectivity index (χ4v) is 1.69. The van der Waals surface area contributed by atoms with Crippen LogP contribution in [0, 0.1) is 6.92 Å². The number of carbonyl (C=O) groups is 1. The molecule has 0 fully saturated rings. The number of guanidine groups is 1. The van der Waals surface area contributed by atoms with Crippen molar-refractivity contribution in [2.24, 2.45) is 10.7 Å². The van der Waals surface area contributed by atoms with E-state index in [4.69, 9.17) is 10.5 Å². The topological polar surface area (TPSA) is 102 Å². The van der Waals surface area contributed by atoms with Crippen molar-refractivity contribution in [1.82, 2.24) is 10.3 Å². The maximum Gasteiger partial charge on any atom is 0.227 e. The molecule has 7 heteroatoms. The van der Waals surface area contributed by atoms with Crippen molar-refractivity contribution in [3.05, 3.63) is 23.9 Å². The van der Waals surface area contributed by atoms with E-state index in [0.717, 1.165) is 5.69 Å². The van der Waals surface area contributed by atoms with Crippen LogP contribution in [0.1, 0.15) is 19.0 Å². The number of hydrogen-bond acceptors (Lipinski definition) is 4. The third-order valence-corrected chi connectivity index (χ3v) is 2.59. The van der Waals surface area contributed by atoms with Crippen LogP contribution in [0.3, 0.4) is 0 Å². The lowest BCUT2D eigenvalue weighted by atomic mass is 10.3. The number of pyridine rings is 1. The number of nitrogens with one attached hydrogen (secondary N) is 2. The van der Waals surface area contributed by atoms with Gasteiger partial charge in [-0.15, -0.1) is 0 Å². The van der Waals surface area contributed by atoms with Crippen molar-refractivity contribution in [2.75, 3.05) is 25.6 Å². The number of aryl methyl sites for hydroxylation is 1. The second kappa shape index (κ2) is 8.91. The largest absolute Gasteiger partial charge is 0.383 e. The Balaban J connectivity index is 2.32. The average molecular weight is 293 g/mol. The van der Waals surface area contributed by atoms with Crippen LogP contribution in [0.25, 0.3) is 0 Å². The smallest absolute Gasteiger partial charge is 0.227 e. The number of anilines is 1. The Kier molecular flexibility index (Phi) is 7.17. The number of hydrogen-bond donors (Lipinski definition) is 3. The zero-order valence-electron chi connectivity index (χ0n) is 12.7. The molecule has 0 aromatic carbocycles. The van der Waals surface area contributed by atoms with E-state index in [1.165, 1.54) is 0 Å². The number of aromatic nitrogens is 1. The molecule has 1 aromatic heterocycles. The minimum absolute atomic E-state index is 0.0732. The molecule has 1 heterocycles. The van der Waals surface area contributed by atoms with Gasteiger partial charge in [-0.3, -0.25) is 9.79 Å². The van der Waals surface area contributed by atoms with Crippen LogP contribution in [-0.2, 0) is 9.53 Å². The van der Waals surface area contributed by atoms with Crippen molar-refractivity contribution in [3.8, 4) is 0 Å². The molecule has 1 rings (SSSR count). The number of nitrogens with zero attached hydrogens (tertiary/aromatic N) is 2. The normalized spacial score (nSPS) is 12.8. The number of amides is 1. The van der Waals surface area contributed by atoms with E-state index in [-0.39, 0.29) is 18.4 Å². The van der Waals surface area contributed by atoms with Crippen molar-refractivity contribution < 1.29 is 9.53 Å². The molecular formula is C14H23N5O2. The summed E-state index contributed by atoms with van der Waals surface area (Å²) >= 11 is 0. The molecule has 0 aliphatic rings. The fraction of sp³-hybridized carbons (Fsp3) is 0.500. The van der Waals surface area contributed by atoms with Gasteiger partial charge in [-0.2, -0.15) is 0 Å². The first-order valence-corrected chi connectivity index (χ1v) is 6.80. The van der Waals surface area contributed by atoms with E-state index in [2.05, 4.69) is 20.6 Å². The fourth-order valence-electron chi connectivity index (χ4n) is 1.69. The first kappa shape index (κ1) is 16.9. The molecule has 1 aromatic rings. The Morgan fingerprint density at radius 2 is 2.29 bits per heavy atom. The summed E-state index contributed by atoms with van der Waals surface area (Å²) in [6.45, 7) is 4.65. The summed E-state index contributed by atoms with van der Waals surface area (Å²) in [5.74, 6) is 0.708. The van der Waals surface area contributed by atoms with Gasteiger partial charge in [-0.05, 0) is 26.0 Å². The Morgan fingerprint density at radius 3 is 2.95 bits per heavy atom. The van der Waals surface area contributed by atoms with E-state index in [0.29, 0.717) is 24.9 Å². The molecule has 1 unspecified atom stereocenters. The van der Waals surface area contributed by atoms with E-state index < -0.39 is 0 Å². The molecule has 116 valence electrons. The zero-order chi connectivity index (χ0) is 15.7. The van der Waals surface area contributed by atoms with Crippen molar-refractivity contribution in [2.45, 2.75) is 26.3 Å². The summed E-state index contributed by atoms with van der Waals surface area (Å²) in [6, 6.07) is 5.53. The summed E-state index contributed by atoms with van der Waals surface area (Å²) in [5, 5.41) is 5.69. The Bertz CT molecular complexity index is 490. The van der Waals surface area contributed by atoms with Gasteiger partial charge in [-0.1, -0.05) is 6.07 Å². The number of ether oxygens (including phenoxy) is 1. The van der Waals surface area contributed by atoms with Crippen LogP contribution >= 0.6 is 0 Å². The van der Waals surface area contributed by atoms with Crippen molar-refractivity contribution in [3.63, 3.8) is 0 Å². The monoisotopic (exact) mass is 293 g/mol. The van der Waals surface area contributed by atoms with Crippen molar-refractivity contribution in [1.29, 1.82) is 0 Å². The molecule has 1 atom stereocenters. The van der Waals surface area contributed by atoms with Gasteiger partial charge < -0.3 is 21.1 Å². The predicted molar refractivity (Wildman–Crippen MR) is 83.2 cm³/mol. The van der Waals surface area contributed by atoms with Gasteiger partial charge in [0.1, 0.15) is 5.82 Å². The lowest BCUT2D eigenvalue weighted by molar-refractivity contribution is -0.116. The molecule has 21 heavy (non-hydrogen) atoms. The van der Waals surface area contributed by atoms with Gasteiger partial charge >= 0.3 is 0 Å². The number of aliphatic imine (C=N–C) groups is 1. The lowest BCUT2D eigenvalue weighted by Gasteiger charge is -2.12. The van der Waals surface area contributed by atoms with Gasteiger partial charge in [0.2, 0.25) is 5.91 Å². The Morgan fingerprint density at radius 1 is 1.52 bits per heavy atom. The highest BCUT2D eigenvalue weighted by molar-refractivity contribution is 5.90. The standard InChI is InChI=1S/C14H23N5O2/c1-10-5-4-6-12(17-10)19-13(20)7-8-16-14(15)18-11(2)9-21-3/h4-6,11H,7-9H2,1-3H3,(H3,15,16,18)(H,17,19,20). The second-order valence-electron chi connectivity index (χ2n) is 4.73. The number of carbonyl (C=O) groups excluding carboxylic acids is 1.